The van der Waals surface area contributed by atoms with Gasteiger partial charge < -0.3 is 19.3 Å². The maximum Gasteiger partial charge on any atom is 0.311 e. The third-order valence-corrected chi connectivity index (χ3v) is 3.78. The molecule has 0 saturated carbocycles. The van der Waals surface area contributed by atoms with Gasteiger partial charge in [-0.3, -0.25) is 9.59 Å². The number of hydrogen-bond donors (Lipinski definition) is 1. The molecule has 7 nitrogen and oxygen atoms in total. The van der Waals surface area contributed by atoms with Crippen molar-refractivity contribution < 1.29 is 28.9 Å². The number of hydrogen-bond acceptors (Lipinski definition) is 6. The lowest BCUT2D eigenvalue weighted by Gasteiger charge is -2.09. The monoisotopic (exact) mass is 381 g/mol. The Hall–Kier alpha value is -3.79. The second kappa shape index (κ2) is 9.78. The second-order valence-corrected chi connectivity index (χ2v) is 5.68. The molecule has 0 heterocycles. The molecule has 7 heteroatoms. The van der Waals surface area contributed by atoms with Crippen LogP contribution in [0.25, 0.3) is 11.6 Å². The quantitative estimate of drug-likeness (QED) is 0.323. The van der Waals surface area contributed by atoms with Crippen LogP contribution in [0, 0.1) is 11.3 Å². The van der Waals surface area contributed by atoms with Crippen molar-refractivity contribution in [3.63, 3.8) is 0 Å². The Morgan fingerprint density at radius 3 is 2.29 bits per heavy atom. The van der Waals surface area contributed by atoms with E-state index in [9.17, 15) is 14.9 Å². The van der Waals surface area contributed by atoms with E-state index in [-0.39, 0.29) is 12.8 Å². The number of carboxylic acids is 1. The molecule has 0 aliphatic heterocycles. The maximum absolute atomic E-state index is 11.6. The summed E-state index contributed by atoms with van der Waals surface area (Å²) in [5.41, 5.74) is 1.83. The largest absolute Gasteiger partial charge is 0.493 e. The molecule has 0 unspecified atom stereocenters. The van der Waals surface area contributed by atoms with Gasteiger partial charge in [0.1, 0.15) is 5.75 Å². The Labute approximate surface area is 162 Å². The van der Waals surface area contributed by atoms with Crippen molar-refractivity contribution in [1.29, 1.82) is 5.26 Å². The highest BCUT2D eigenvalue weighted by atomic mass is 16.5. The van der Waals surface area contributed by atoms with Crippen LogP contribution in [0.1, 0.15) is 24.0 Å². The van der Waals surface area contributed by atoms with Gasteiger partial charge in [0.05, 0.1) is 38.7 Å². The van der Waals surface area contributed by atoms with Crippen molar-refractivity contribution in [3.05, 3.63) is 53.6 Å². The Morgan fingerprint density at radius 1 is 1.04 bits per heavy atom. The van der Waals surface area contributed by atoms with Gasteiger partial charge in [-0.15, -0.1) is 0 Å². The van der Waals surface area contributed by atoms with E-state index < -0.39 is 11.9 Å². The van der Waals surface area contributed by atoms with Crippen molar-refractivity contribution in [2.45, 2.75) is 12.8 Å². The number of nitrogens with zero attached hydrogens (tertiary/aromatic N) is 1. The van der Waals surface area contributed by atoms with E-state index in [1.807, 2.05) is 0 Å². The molecule has 0 fully saturated rings. The van der Waals surface area contributed by atoms with E-state index in [0.29, 0.717) is 28.4 Å². The average Bonchev–Trinajstić information content (AvgIpc) is 2.71. The van der Waals surface area contributed by atoms with Gasteiger partial charge in [-0.25, -0.2) is 0 Å². The Morgan fingerprint density at radius 2 is 1.71 bits per heavy atom. The van der Waals surface area contributed by atoms with Gasteiger partial charge in [0.2, 0.25) is 0 Å². The van der Waals surface area contributed by atoms with E-state index in [4.69, 9.17) is 19.3 Å². The summed E-state index contributed by atoms with van der Waals surface area (Å²) in [7, 11) is 3.06. The van der Waals surface area contributed by atoms with Crippen molar-refractivity contribution in [2.75, 3.05) is 14.2 Å². The van der Waals surface area contributed by atoms with Gasteiger partial charge in [0.25, 0.3) is 0 Å². The molecule has 0 saturated heterocycles. The molecule has 0 aliphatic rings. The first-order chi connectivity index (χ1) is 13.5. The van der Waals surface area contributed by atoms with Crippen LogP contribution < -0.4 is 14.2 Å². The molecular formula is C21H19NO6. The summed E-state index contributed by atoms with van der Waals surface area (Å²) >= 11 is 0. The highest BCUT2D eigenvalue weighted by Gasteiger charge is 2.09. The fraction of sp³-hybridized carbons (Fsp3) is 0.190. The Kier molecular flexibility index (Phi) is 7.17. The summed E-state index contributed by atoms with van der Waals surface area (Å²) in [5.74, 6) is -0.287. The first-order valence-corrected chi connectivity index (χ1v) is 8.33. The molecule has 144 valence electrons. The number of benzene rings is 2. The molecule has 0 atom stereocenters. The lowest BCUT2D eigenvalue weighted by Crippen LogP contribution is -2.10. The molecule has 2 aromatic carbocycles. The molecule has 1 N–H and O–H groups in total. The summed E-state index contributed by atoms with van der Waals surface area (Å²) in [6.07, 6.45) is 1.21. The Bertz CT molecular complexity index is 925. The lowest BCUT2D eigenvalue weighted by atomic mass is 10.0. The smallest absolute Gasteiger partial charge is 0.311 e. The molecule has 0 bridgehead atoms. The predicted molar refractivity (Wildman–Crippen MR) is 102 cm³/mol. The number of rotatable bonds is 8. The van der Waals surface area contributed by atoms with E-state index in [1.165, 1.54) is 14.2 Å². The minimum atomic E-state index is -1.06. The third-order valence-electron chi connectivity index (χ3n) is 3.78. The molecular weight excluding hydrogens is 362 g/mol. The van der Waals surface area contributed by atoms with Crippen LogP contribution in [0.5, 0.6) is 17.2 Å². The zero-order chi connectivity index (χ0) is 20.5. The van der Waals surface area contributed by atoms with Gasteiger partial charge in [-0.1, -0.05) is 12.1 Å². The van der Waals surface area contributed by atoms with Crippen LogP contribution in [-0.4, -0.2) is 31.3 Å². The molecule has 0 spiro atoms. The van der Waals surface area contributed by atoms with Crippen LogP contribution in [0.15, 0.2) is 42.5 Å². The van der Waals surface area contributed by atoms with Gasteiger partial charge in [-0.2, -0.15) is 5.26 Å². The van der Waals surface area contributed by atoms with Crippen LogP contribution >= 0.6 is 0 Å². The number of carbonyl (C=O) groups excluding carboxylic acids is 1. The Balaban J connectivity index is 2.16. The van der Waals surface area contributed by atoms with E-state index in [1.54, 1.807) is 48.5 Å². The van der Waals surface area contributed by atoms with Crippen LogP contribution in [0.4, 0.5) is 0 Å². The number of carboxylic acid groups (broad SMARTS) is 1. The molecule has 0 aromatic heterocycles. The molecule has 0 radical (unpaired) electrons. The summed E-state index contributed by atoms with van der Waals surface area (Å²) < 4.78 is 15.5. The zero-order valence-corrected chi connectivity index (χ0v) is 15.5. The fourth-order valence-electron chi connectivity index (χ4n) is 2.37. The third kappa shape index (κ3) is 5.61. The number of allylic oxidation sites excluding steroid dienone is 1. The predicted octanol–water partition coefficient (Wildman–Crippen LogP) is 3.54. The van der Waals surface area contributed by atoms with Crippen molar-refractivity contribution in [3.8, 4) is 23.3 Å². The SMILES string of the molecule is COc1ccc(/C(C#N)=C/c2ccc(OC(=O)CCC(=O)O)cc2)cc1OC. The standard InChI is InChI=1S/C21H19NO6/c1-26-18-8-5-15(12-19(18)27-2)16(13-22)11-14-3-6-17(7-4-14)28-21(25)10-9-20(23)24/h3-8,11-12H,9-10H2,1-2H3,(H,23,24)/b16-11+. The zero-order valence-electron chi connectivity index (χ0n) is 15.5. The van der Waals surface area contributed by atoms with Gasteiger partial charge in [0.15, 0.2) is 11.5 Å². The average molecular weight is 381 g/mol. The summed E-state index contributed by atoms with van der Waals surface area (Å²) in [6, 6.07) is 13.9. The summed E-state index contributed by atoms with van der Waals surface area (Å²) in [4.78, 5) is 22.0. The fourth-order valence-corrected chi connectivity index (χ4v) is 2.37. The minimum absolute atomic E-state index is 0.200. The van der Waals surface area contributed by atoms with Crippen molar-refractivity contribution in [1.82, 2.24) is 0 Å². The number of methoxy groups -OCH3 is 2. The van der Waals surface area contributed by atoms with Crippen LogP contribution in [0.3, 0.4) is 0 Å². The normalized spacial score (nSPS) is 10.7. The van der Waals surface area contributed by atoms with Crippen LogP contribution in [0.2, 0.25) is 0 Å². The van der Waals surface area contributed by atoms with Gasteiger partial charge in [-0.05, 0) is 47.5 Å². The number of ether oxygens (including phenoxy) is 3. The van der Waals surface area contributed by atoms with E-state index in [0.717, 1.165) is 5.56 Å². The minimum Gasteiger partial charge on any atom is -0.493 e. The van der Waals surface area contributed by atoms with Gasteiger partial charge >= 0.3 is 11.9 Å². The molecule has 2 rings (SSSR count). The molecule has 2 aromatic rings. The molecule has 28 heavy (non-hydrogen) atoms. The number of esters is 1. The number of aliphatic carboxylic acids is 1. The lowest BCUT2D eigenvalue weighted by molar-refractivity contribution is -0.142. The maximum atomic E-state index is 11.6. The summed E-state index contributed by atoms with van der Waals surface area (Å²) in [6.45, 7) is 0. The van der Waals surface area contributed by atoms with Gasteiger partial charge in [0, 0.05) is 0 Å². The number of nitriles is 1. The highest BCUT2D eigenvalue weighted by molar-refractivity contribution is 5.90. The number of carbonyl (C=O) groups is 2. The van der Waals surface area contributed by atoms with E-state index in [2.05, 4.69) is 6.07 Å². The van der Waals surface area contributed by atoms with Crippen LogP contribution in [-0.2, 0) is 9.59 Å². The van der Waals surface area contributed by atoms with Crippen molar-refractivity contribution >= 4 is 23.6 Å². The molecule has 0 aliphatic carbocycles. The van der Waals surface area contributed by atoms with Crippen molar-refractivity contribution in [2.24, 2.45) is 0 Å². The highest BCUT2D eigenvalue weighted by Crippen LogP contribution is 2.31. The molecule has 0 amide bonds. The summed E-state index contributed by atoms with van der Waals surface area (Å²) in [5, 5.41) is 18.1. The second-order valence-electron chi connectivity index (χ2n) is 5.68. The van der Waals surface area contributed by atoms with E-state index >= 15 is 0 Å². The topological polar surface area (TPSA) is 106 Å². The first kappa shape index (κ1) is 20.5. The first-order valence-electron chi connectivity index (χ1n) is 8.33.